The largest absolute Gasteiger partial charge is 0.468 e. The minimum Gasteiger partial charge on any atom is -0.468 e. The first-order valence-electron chi connectivity index (χ1n) is 9.04. The van der Waals surface area contributed by atoms with Gasteiger partial charge in [0.25, 0.3) is 5.91 Å². The molecule has 0 aliphatic heterocycles. The number of carbonyl (C=O) groups is 1. The standard InChI is InChI=1S/C21H22N2O4S2/c1-15(2)28-20-11-4-3-10-19(20)21(24)23-16-7-5-9-18(13-16)29(25,26)22-14-17-8-6-12-27-17/h3-13,15,22H,14H2,1-2H3,(H,23,24). The highest BCUT2D eigenvalue weighted by molar-refractivity contribution is 8.00. The monoisotopic (exact) mass is 430 g/mol. The Morgan fingerprint density at radius 3 is 2.59 bits per heavy atom. The highest BCUT2D eigenvalue weighted by Crippen LogP contribution is 2.27. The topological polar surface area (TPSA) is 88.4 Å². The zero-order chi connectivity index (χ0) is 20.9. The molecule has 0 saturated heterocycles. The summed E-state index contributed by atoms with van der Waals surface area (Å²) in [6, 6.07) is 16.9. The SMILES string of the molecule is CC(C)Sc1ccccc1C(=O)Nc1cccc(S(=O)(=O)NCc2ccco2)c1. The maximum atomic E-state index is 12.8. The van der Waals surface area contributed by atoms with Crippen molar-refractivity contribution in [2.75, 3.05) is 5.32 Å². The molecule has 0 aliphatic carbocycles. The summed E-state index contributed by atoms with van der Waals surface area (Å²) in [4.78, 5) is 13.7. The summed E-state index contributed by atoms with van der Waals surface area (Å²) >= 11 is 1.60. The lowest BCUT2D eigenvalue weighted by atomic mass is 10.2. The molecule has 2 N–H and O–H groups in total. The van der Waals surface area contributed by atoms with E-state index in [0.29, 0.717) is 22.3 Å². The van der Waals surface area contributed by atoms with Gasteiger partial charge in [0.15, 0.2) is 0 Å². The van der Waals surface area contributed by atoms with E-state index in [0.717, 1.165) is 4.90 Å². The molecule has 1 amide bonds. The van der Waals surface area contributed by atoms with Gasteiger partial charge in [-0.15, -0.1) is 11.8 Å². The molecule has 3 aromatic rings. The van der Waals surface area contributed by atoms with Crippen molar-refractivity contribution in [3.63, 3.8) is 0 Å². The smallest absolute Gasteiger partial charge is 0.256 e. The maximum Gasteiger partial charge on any atom is 0.256 e. The van der Waals surface area contributed by atoms with Gasteiger partial charge in [0, 0.05) is 15.8 Å². The van der Waals surface area contributed by atoms with Gasteiger partial charge in [-0.05, 0) is 42.5 Å². The molecule has 6 nitrogen and oxygen atoms in total. The van der Waals surface area contributed by atoms with Gasteiger partial charge in [0.05, 0.1) is 23.3 Å². The Morgan fingerprint density at radius 1 is 1.07 bits per heavy atom. The van der Waals surface area contributed by atoms with Gasteiger partial charge in [-0.3, -0.25) is 4.79 Å². The molecule has 0 radical (unpaired) electrons. The Hall–Kier alpha value is -2.55. The summed E-state index contributed by atoms with van der Waals surface area (Å²) in [5, 5.41) is 3.12. The predicted octanol–water partition coefficient (Wildman–Crippen LogP) is 4.51. The normalized spacial score (nSPS) is 11.6. The Kier molecular flexibility index (Phi) is 6.79. The Balaban J connectivity index is 1.75. The number of carbonyl (C=O) groups excluding carboxylic acids is 1. The minimum atomic E-state index is -3.75. The van der Waals surface area contributed by atoms with E-state index in [4.69, 9.17) is 4.42 Å². The van der Waals surface area contributed by atoms with Crippen LogP contribution in [0.15, 0.2) is 81.1 Å². The fourth-order valence-corrected chi connectivity index (χ4v) is 4.60. The van der Waals surface area contributed by atoms with Crippen molar-refractivity contribution in [3.05, 3.63) is 78.3 Å². The zero-order valence-corrected chi connectivity index (χ0v) is 17.7. The molecule has 1 heterocycles. The van der Waals surface area contributed by atoms with Crippen LogP contribution in [0, 0.1) is 0 Å². The summed E-state index contributed by atoms with van der Waals surface area (Å²) in [5.41, 5.74) is 0.954. The average Bonchev–Trinajstić information content (AvgIpc) is 3.20. The number of rotatable bonds is 8. The summed E-state index contributed by atoms with van der Waals surface area (Å²) in [6.45, 7) is 4.17. The lowest BCUT2D eigenvalue weighted by molar-refractivity contribution is 0.102. The molecule has 29 heavy (non-hydrogen) atoms. The van der Waals surface area contributed by atoms with E-state index in [2.05, 4.69) is 23.9 Å². The lowest BCUT2D eigenvalue weighted by Gasteiger charge is -2.12. The third-order valence-electron chi connectivity index (χ3n) is 3.91. The van der Waals surface area contributed by atoms with E-state index in [1.165, 1.54) is 18.4 Å². The van der Waals surface area contributed by atoms with Gasteiger partial charge in [-0.1, -0.05) is 32.0 Å². The molecule has 0 aliphatic rings. The number of anilines is 1. The van der Waals surface area contributed by atoms with Gasteiger partial charge < -0.3 is 9.73 Å². The van der Waals surface area contributed by atoms with E-state index >= 15 is 0 Å². The molecule has 3 rings (SSSR count). The molecule has 1 aromatic heterocycles. The maximum absolute atomic E-state index is 12.8. The van der Waals surface area contributed by atoms with E-state index in [1.54, 1.807) is 48.2 Å². The zero-order valence-electron chi connectivity index (χ0n) is 16.1. The van der Waals surface area contributed by atoms with Crippen LogP contribution in [0.25, 0.3) is 0 Å². The Labute approximate surface area is 174 Å². The van der Waals surface area contributed by atoms with Crippen LogP contribution in [0.3, 0.4) is 0 Å². The number of sulfonamides is 1. The molecule has 0 unspecified atom stereocenters. The molecule has 152 valence electrons. The summed E-state index contributed by atoms with van der Waals surface area (Å²) < 4.78 is 32.7. The molecule has 0 spiro atoms. The highest BCUT2D eigenvalue weighted by Gasteiger charge is 2.17. The number of nitrogens with one attached hydrogen (secondary N) is 2. The van der Waals surface area contributed by atoms with Crippen LogP contribution in [-0.2, 0) is 16.6 Å². The van der Waals surface area contributed by atoms with Crippen LogP contribution >= 0.6 is 11.8 Å². The van der Waals surface area contributed by atoms with Gasteiger partial charge >= 0.3 is 0 Å². The van der Waals surface area contributed by atoms with E-state index in [-0.39, 0.29) is 17.3 Å². The van der Waals surface area contributed by atoms with E-state index in [9.17, 15) is 13.2 Å². The fourth-order valence-electron chi connectivity index (χ4n) is 2.61. The third-order valence-corrected chi connectivity index (χ3v) is 6.39. The number of furan rings is 1. The average molecular weight is 431 g/mol. The van der Waals surface area contributed by atoms with Gasteiger partial charge in [-0.25, -0.2) is 13.1 Å². The van der Waals surface area contributed by atoms with Crippen molar-refractivity contribution >= 4 is 33.4 Å². The quantitative estimate of drug-likeness (QED) is 0.513. The highest BCUT2D eigenvalue weighted by atomic mass is 32.2. The second-order valence-corrected chi connectivity index (χ2v) is 9.93. The number of hydrogen-bond donors (Lipinski definition) is 2. The van der Waals surface area contributed by atoms with Crippen LogP contribution in [0.5, 0.6) is 0 Å². The number of thioether (sulfide) groups is 1. The summed E-state index contributed by atoms with van der Waals surface area (Å²) in [5.74, 6) is 0.226. The molecule has 0 fully saturated rings. The van der Waals surface area contributed by atoms with Crippen LogP contribution < -0.4 is 10.0 Å². The molecule has 8 heteroatoms. The number of hydrogen-bond acceptors (Lipinski definition) is 5. The predicted molar refractivity (Wildman–Crippen MR) is 115 cm³/mol. The first-order chi connectivity index (χ1) is 13.8. The van der Waals surface area contributed by atoms with Gasteiger partial charge in [-0.2, -0.15) is 0 Å². The van der Waals surface area contributed by atoms with Crippen molar-refractivity contribution in [3.8, 4) is 0 Å². The first kappa shape index (κ1) is 21.2. The lowest BCUT2D eigenvalue weighted by Crippen LogP contribution is -2.23. The molecular formula is C21H22N2O4S2. The van der Waals surface area contributed by atoms with Crippen molar-refractivity contribution in [1.29, 1.82) is 0 Å². The third kappa shape index (κ3) is 5.72. The van der Waals surface area contributed by atoms with Crippen molar-refractivity contribution < 1.29 is 17.6 Å². The number of amides is 1. The van der Waals surface area contributed by atoms with Gasteiger partial charge in [0.1, 0.15) is 5.76 Å². The molecule has 2 aromatic carbocycles. The second kappa shape index (κ2) is 9.30. The Bertz CT molecular complexity index is 1080. The van der Waals surface area contributed by atoms with Crippen LogP contribution in [-0.4, -0.2) is 19.6 Å². The number of benzene rings is 2. The minimum absolute atomic E-state index is 0.0473. The van der Waals surface area contributed by atoms with Crippen molar-refractivity contribution in [1.82, 2.24) is 4.72 Å². The second-order valence-electron chi connectivity index (χ2n) is 6.55. The van der Waals surface area contributed by atoms with Crippen LogP contribution in [0.4, 0.5) is 5.69 Å². The molecule has 0 saturated carbocycles. The van der Waals surface area contributed by atoms with Gasteiger partial charge in [0.2, 0.25) is 10.0 Å². The van der Waals surface area contributed by atoms with Crippen LogP contribution in [0.2, 0.25) is 0 Å². The van der Waals surface area contributed by atoms with Crippen molar-refractivity contribution in [2.24, 2.45) is 0 Å². The first-order valence-corrected chi connectivity index (χ1v) is 11.4. The van der Waals surface area contributed by atoms with E-state index < -0.39 is 10.0 Å². The molecular weight excluding hydrogens is 408 g/mol. The van der Waals surface area contributed by atoms with E-state index in [1.807, 2.05) is 12.1 Å². The fraction of sp³-hybridized carbons (Fsp3) is 0.190. The molecule has 0 bridgehead atoms. The Morgan fingerprint density at radius 2 is 1.86 bits per heavy atom. The summed E-state index contributed by atoms with van der Waals surface area (Å²) in [6.07, 6.45) is 1.48. The van der Waals surface area contributed by atoms with Crippen molar-refractivity contribution in [2.45, 2.75) is 35.4 Å². The molecule has 0 atom stereocenters. The van der Waals surface area contributed by atoms with Crippen LogP contribution in [0.1, 0.15) is 30.0 Å². The summed E-state index contributed by atoms with van der Waals surface area (Å²) in [7, 11) is -3.75.